The van der Waals surface area contributed by atoms with Crippen molar-refractivity contribution in [1.29, 1.82) is 0 Å². The molecule has 2 rings (SSSR count). The van der Waals surface area contributed by atoms with Crippen LogP contribution in [0.4, 0.5) is 5.69 Å². The van der Waals surface area contributed by atoms with Crippen molar-refractivity contribution in [3.05, 3.63) is 49.8 Å². The molecule has 0 saturated carbocycles. The number of aryl methyl sites for hydroxylation is 1. The average molecular weight is 401 g/mol. The molecule has 1 N–H and O–H groups in total. The highest BCUT2D eigenvalue weighted by Crippen LogP contribution is 2.36. The number of halogens is 2. The molecule has 0 bridgehead atoms. The monoisotopic (exact) mass is 399 g/mol. The summed E-state index contributed by atoms with van der Waals surface area (Å²) in [6.07, 6.45) is 0. The molecule has 0 spiro atoms. The Morgan fingerprint density at radius 3 is 2.78 bits per heavy atom. The Morgan fingerprint density at radius 1 is 1.39 bits per heavy atom. The van der Waals surface area contributed by atoms with Gasteiger partial charge in [0.1, 0.15) is 5.69 Å². The van der Waals surface area contributed by atoms with Crippen LogP contribution in [0.15, 0.2) is 33.5 Å². The molecule has 1 aromatic carbocycles. The Kier molecular flexibility index (Phi) is 5.79. The highest BCUT2D eigenvalue weighted by molar-refractivity contribution is 9.10. The number of anilines is 1. The van der Waals surface area contributed by atoms with Crippen LogP contribution in [-0.4, -0.2) is 22.3 Å². The number of ether oxygens (including phenoxy) is 1. The Bertz CT molecular complexity index is 792. The number of amides is 1. The third-order valence-corrected chi connectivity index (χ3v) is 3.75. The molecular weight excluding hydrogens is 386 g/mol. The van der Waals surface area contributed by atoms with E-state index in [-0.39, 0.29) is 11.3 Å². The van der Waals surface area contributed by atoms with E-state index in [9.17, 15) is 9.59 Å². The molecule has 8 heteroatoms. The second-order valence-electron chi connectivity index (χ2n) is 4.52. The number of hydrogen-bond donors (Lipinski definition) is 1. The van der Waals surface area contributed by atoms with Crippen molar-refractivity contribution in [2.75, 3.05) is 11.9 Å². The van der Waals surface area contributed by atoms with E-state index in [2.05, 4.69) is 26.3 Å². The maximum Gasteiger partial charge on any atom is 0.276 e. The van der Waals surface area contributed by atoms with Crippen LogP contribution in [0.1, 0.15) is 24.3 Å². The lowest BCUT2D eigenvalue weighted by atomic mass is 10.2. The second-order valence-corrected chi connectivity index (χ2v) is 5.81. The Balaban J connectivity index is 2.35. The molecule has 0 aliphatic carbocycles. The Labute approximate surface area is 146 Å². The van der Waals surface area contributed by atoms with Crippen molar-refractivity contribution in [2.24, 2.45) is 0 Å². The van der Waals surface area contributed by atoms with Gasteiger partial charge in [-0.2, -0.15) is 5.10 Å². The Morgan fingerprint density at radius 2 is 2.13 bits per heavy atom. The van der Waals surface area contributed by atoms with E-state index in [0.29, 0.717) is 34.1 Å². The summed E-state index contributed by atoms with van der Waals surface area (Å²) >= 11 is 9.38. The molecule has 2 aromatic rings. The fourth-order valence-electron chi connectivity index (χ4n) is 1.93. The van der Waals surface area contributed by atoms with Gasteiger partial charge in [0.15, 0.2) is 5.75 Å². The number of benzene rings is 1. The summed E-state index contributed by atoms with van der Waals surface area (Å²) in [4.78, 5) is 23.9. The van der Waals surface area contributed by atoms with E-state index in [0.717, 1.165) is 0 Å². The minimum Gasteiger partial charge on any atom is -0.491 e. The quantitative estimate of drug-likeness (QED) is 0.835. The van der Waals surface area contributed by atoms with Gasteiger partial charge in [-0.3, -0.25) is 9.59 Å². The van der Waals surface area contributed by atoms with Crippen LogP contribution in [0, 0.1) is 0 Å². The predicted molar refractivity (Wildman–Crippen MR) is 92.4 cm³/mol. The van der Waals surface area contributed by atoms with E-state index in [1.807, 2.05) is 6.92 Å². The van der Waals surface area contributed by atoms with Gasteiger partial charge in [-0.25, -0.2) is 4.68 Å². The van der Waals surface area contributed by atoms with Gasteiger partial charge in [-0.05, 0) is 48.0 Å². The third kappa shape index (κ3) is 4.11. The first-order valence-electron chi connectivity index (χ1n) is 6.97. The lowest BCUT2D eigenvalue weighted by molar-refractivity contribution is 0.101. The van der Waals surface area contributed by atoms with Crippen LogP contribution in [0.25, 0.3) is 0 Å². The highest BCUT2D eigenvalue weighted by atomic mass is 79.9. The van der Waals surface area contributed by atoms with Crippen molar-refractivity contribution >= 4 is 39.1 Å². The first-order chi connectivity index (χ1) is 11.0. The van der Waals surface area contributed by atoms with E-state index in [1.54, 1.807) is 19.1 Å². The molecule has 0 aliphatic heterocycles. The maximum atomic E-state index is 12.4. The van der Waals surface area contributed by atoms with Crippen molar-refractivity contribution in [2.45, 2.75) is 20.4 Å². The molecule has 0 radical (unpaired) electrons. The van der Waals surface area contributed by atoms with Crippen molar-refractivity contribution < 1.29 is 9.53 Å². The molecule has 6 nitrogen and oxygen atoms in total. The first kappa shape index (κ1) is 17.5. The van der Waals surface area contributed by atoms with Crippen LogP contribution in [0.5, 0.6) is 5.75 Å². The summed E-state index contributed by atoms with van der Waals surface area (Å²) < 4.78 is 7.38. The molecule has 0 unspecified atom stereocenters. The summed E-state index contributed by atoms with van der Waals surface area (Å²) in [5.74, 6) is 0.0244. The number of carbonyl (C=O) groups excluding carboxylic acids is 1. The van der Waals surface area contributed by atoms with Crippen molar-refractivity contribution in [3.8, 4) is 5.75 Å². The molecular formula is C15H15BrClN3O3. The summed E-state index contributed by atoms with van der Waals surface area (Å²) in [7, 11) is 0. The number of aromatic nitrogens is 2. The molecule has 23 heavy (non-hydrogen) atoms. The summed E-state index contributed by atoms with van der Waals surface area (Å²) in [5, 5.41) is 7.17. The van der Waals surface area contributed by atoms with Gasteiger partial charge in [0.25, 0.3) is 11.5 Å². The molecule has 0 fully saturated rings. The lowest BCUT2D eigenvalue weighted by Gasteiger charge is -2.14. The molecule has 0 saturated heterocycles. The van der Waals surface area contributed by atoms with Gasteiger partial charge >= 0.3 is 0 Å². The zero-order valence-corrected chi connectivity index (χ0v) is 14.9. The molecule has 0 atom stereocenters. The second kappa shape index (κ2) is 7.61. The minimum absolute atomic E-state index is 0.130. The van der Waals surface area contributed by atoms with Crippen LogP contribution < -0.4 is 15.6 Å². The predicted octanol–water partition coefficient (Wildman–Crippen LogP) is 3.33. The summed E-state index contributed by atoms with van der Waals surface area (Å²) in [6, 6.07) is 5.95. The zero-order valence-electron chi connectivity index (χ0n) is 12.6. The van der Waals surface area contributed by atoms with Crippen LogP contribution >= 0.6 is 27.5 Å². The van der Waals surface area contributed by atoms with Crippen LogP contribution in [0.2, 0.25) is 5.02 Å². The average Bonchev–Trinajstić information content (AvgIpc) is 2.51. The molecule has 0 aliphatic rings. The van der Waals surface area contributed by atoms with Crippen molar-refractivity contribution in [3.63, 3.8) is 0 Å². The highest BCUT2D eigenvalue weighted by Gasteiger charge is 2.15. The van der Waals surface area contributed by atoms with E-state index in [1.165, 1.54) is 16.8 Å². The number of carbonyl (C=O) groups is 1. The van der Waals surface area contributed by atoms with E-state index >= 15 is 0 Å². The van der Waals surface area contributed by atoms with E-state index in [4.69, 9.17) is 16.3 Å². The van der Waals surface area contributed by atoms with Crippen LogP contribution in [0.3, 0.4) is 0 Å². The normalized spacial score (nSPS) is 10.4. The molecule has 1 heterocycles. The fourth-order valence-corrected chi connectivity index (χ4v) is 2.85. The van der Waals surface area contributed by atoms with Gasteiger partial charge in [-0.1, -0.05) is 11.6 Å². The molecule has 1 aromatic heterocycles. The largest absolute Gasteiger partial charge is 0.491 e. The van der Waals surface area contributed by atoms with Crippen LogP contribution in [-0.2, 0) is 6.54 Å². The summed E-state index contributed by atoms with van der Waals surface area (Å²) in [6.45, 7) is 4.43. The number of nitrogens with zero attached hydrogens (tertiary/aromatic N) is 2. The number of rotatable bonds is 5. The lowest BCUT2D eigenvalue weighted by Crippen LogP contribution is -2.25. The fraction of sp³-hybridized carbons (Fsp3) is 0.267. The minimum atomic E-state index is -0.456. The standard InChI is InChI=1S/C15H15BrClN3O3/c1-3-20-13(21)6-5-11(19-20)15(22)18-12-8-9(17)7-10(16)14(12)23-4-2/h5-8H,3-4H2,1-2H3,(H,18,22). The number of nitrogens with one attached hydrogen (secondary N) is 1. The maximum absolute atomic E-state index is 12.4. The SMILES string of the molecule is CCOc1c(Br)cc(Cl)cc1NC(=O)c1ccc(=O)n(CC)n1. The topological polar surface area (TPSA) is 73.2 Å². The van der Waals surface area contributed by atoms with Gasteiger partial charge in [0.05, 0.1) is 16.8 Å². The Hall–Kier alpha value is -1.86. The molecule has 122 valence electrons. The van der Waals surface area contributed by atoms with Gasteiger partial charge in [-0.15, -0.1) is 0 Å². The van der Waals surface area contributed by atoms with Gasteiger partial charge < -0.3 is 10.1 Å². The van der Waals surface area contributed by atoms with Gasteiger partial charge in [0.2, 0.25) is 0 Å². The van der Waals surface area contributed by atoms with Gasteiger partial charge in [0, 0.05) is 17.6 Å². The zero-order chi connectivity index (χ0) is 17.0. The summed E-state index contributed by atoms with van der Waals surface area (Å²) in [5.41, 5.74) is 0.293. The van der Waals surface area contributed by atoms with Crippen molar-refractivity contribution in [1.82, 2.24) is 9.78 Å². The smallest absolute Gasteiger partial charge is 0.276 e. The third-order valence-electron chi connectivity index (χ3n) is 2.94. The number of hydrogen-bond acceptors (Lipinski definition) is 4. The van der Waals surface area contributed by atoms with E-state index < -0.39 is 5.91 Å². The first-order valence-corrected chi connectivity index (χ1v) is 8.14. The molecule has 1 amide bonds.